The topological polar surface area (TPSA) is 68.3 Å². The fraction of sp³-hybridized carbons (Fsp3) is 0.600. The summed E-state index contributed by atoms with van der Waals surface area (Å²) in [6, 6.07) is 3.76. The van der Waals surface area contributed by atoms with Crippen molar-refractivity contribution in [3.63, 3.8) is 0 Å². The van der Waals surface area contributed by atoms with Crippen LogP contribution >= 0.6 is 11.6 Å². The molecule has 0 unspecified atom stereocenters. The van der Waals surface area contributed by atoms with E-state index in [-0.39, 0.29) is 30.8 Å². The molecule has 3 aliphatic rings. The van der Waals surface area contributed by atoms with Gasteiger partial charge in [0.15, 0.2) is 0 Å². The first-order chi connectivity index (χ1) is 13.2. The van der Waals surface area contributed by atoms with Gasteiger partial charge in [0.1, 0.15) is 12.2 Å². The lowest BCUT2D eigenvalue weighted by Gasteiger charge is -2.46. The molecule has 1 aromatic rings. The number of rotatable bonds is 1. The molecule has 1 aromatic carbocycles. The SMILES string of the molecule is CC(C)(C)OC(=O)N1CCN2C[C@H](c3ccc4c(c3Cl)COC4=O)OC[C@@H]2C1. The molecule has 0 aromatic heterocycles. The van der Waals surface area contributed by atoms with Crippen molar-refractivity contribution < 1.29 is 23.8 Å². The number of piperazine rings is 1. The van der Waals surface area contributed by atoms with Crippen molar-refractivity contribution >= 4 is 23.7 Å². The molecular formula is C20H25ClN2O5. The molecule has 2 saturated heterocycles. The third-order valence-corrected chi connectivity index (χ3v) is 5.78. The van der Waals surface area contributed by atoms with Gasteiger partial charge in [-0.15, -0.1) is 0 Å². The van der Waals surface area contributed by atoms with E-state index in [0.29, 0.717) is 36.8 Å². The minimum atomic E-state index is -0.502. The second-order valence-electron chi connectivity index (χ2n) is 8.47. The number of amides is 1. The molecule has 0 N–H and O–H groups in total. The van der Waals surface area contributed by atoms with Crippen LogP contribution in [0.15, 0.2) is 12.1 Å². The molecule has 4 rings (SSSR count). The largest absolute Gasteiger partial charge is 0.457 e. The van der Waals surface area contributed by atoms with Gasteiger partial charge in [0, 0.05) is 37.3 Å². The maximum atomic E-state index is 12.3. The lowest BCUT2D eigenvalue weighted by atomic mass is 9.99. The Bertz CT molecular complexity index is 807. The van der Waals surface area contributed by atoms with Crippen molar-refractivity contribution in [2.75, 3.05) is 32.8 Å². The molecule has 0 radical (unpaired) electrons. The van der Waals surface area contributed by atoms with E-state index >= 15 is 0 Å². The van der Waals surface area contributed by atoms with Gasteiger partial charge in [0.25, 0.3) is 0 Å². The van der Waals surface area contributed by atoms with Gasteiger partial charge in [-0.2, -0.15) is 0 Å². The number of cyclic esters (lactones) is 1. The number of benzene rings is 1. The second-order valence-corrected chi connectivity index (χ2v) is 8.85. The Hall–Kier alpha value is -1.83. The smallest absolute Gasteiger partial charge is 0.410 e. The summed E-state index contributed by atoms with van der Waals surface area (Å²) in [5, 5.41) is 0.555. The lowest BCUT2D eigenvalue weighted by Crippen LogP contribution is -2.60. The van der Waals surface area contributed by atoms with E-state index in [1.807, 2.05) is 26.8 Å². The molecule has 3 aliphatic heterocycles. The molecule has 3 heterocycles. The Balaban J connectivity index is 1.42. The van der Waals surface area contributed by atoms with Crippen molar-refractivity contribution in [3.05, 3.63) is 33.8 Å². The molecule has 28 heavy (non-hydrogen) atoms. The first-order valence-electron chi connectivity index (χ1n) is 9.55. The van der Waals surface area contributed by atoms with E-state index in [0.717, 1.165) is 17.7 Å². The van der Waals surface area contributed by atoms with Gasteiger partial charge >= 0.3 is 12.1 Å². The van der Waals surface area contributed by atoms with Crippen LogP contribution < -0.4 is 0 Å². The monoisotopic (exact) mass is 408 g/mol. The highest BCUT2D eigenvalue weighted by Crippen LogP contribution is 2.37. The average Bonchev–Trinajstić information content (AvgIpc) is 3.02. The van der Waals surface area contributed by atoms with Crippen LogP contribution in [0.5, 0.6) is 0 Å². The summed E-state index contributed by atoms with van der Waals surface area (Å²) < 4.78 is 16.7. The molecule has 8 heteroatoms. The van der Waals surface area contributed by atoms with Gasteiger partial charge in [0.05, 0.1) is 29.3 Å². The summed E-state index contributed by atoms with van der Waals surface area (Å²) in [4.78, 5) is 28.1. The van der Waals surface area contributed by atoms with E-state index < -0.39 is 5.60 Å². The van der Waals surface area contributed by atoms with Crippen molar-refractivity contribution in [1.82, 2.24) is 9.80 Å². The average molecular weight is 409 g/mol. The highest BCUT2D eigenvalue weighted by Gasteiger charge is 2.38. The Kier molecular flexibility index (Phi) is 5.02. The van der Waals surface area contributed by atoms with E-state index in [9.17, 15) is 9.59 Å². The lowest BCUT2D eigenvalue weighted by molar-refractivity contribution is -0.0906. The van der Waals surface area contributed by atoms with Crippen LogP contribution in [-0.4, -0.2) is 66.3 Å². The summed E-state index contributed by atoms with van der Waals surface area (Å²) >= 11 is 6.55. The maximum absolute atomic E-state index is 12.3. The number of esters is 1. The van der Waals surface area contributed by atoms with E-state index in [1.54, 1.807) is 11.0 Å². The molecule has 2 atom stereocenters. The summed E-state index contributed by atoms with van der Waals surface area (Å²) in [5.41, 5.74) is 1.66. The number of hydrogen-bond donors (Lipinski definition) is 0. The van der Waals surface area contributed by atoms with E-state index in [1.165, 1.54) is 0 Å². The predicted octanol–water partition coefficient (Wildman–Crippen LogP) is 3.00. The Morgan fingerprint density at radius 2 is 2.04 bits per heavy atom. The van der Waals surface area contributed by atoms with Crippen LogP contribution in [-0.2, 0) is 20.8 Å². The van der Waals surface area contributed by atoms with Gasteiger partial charge in [-0.1, -0.05) is 17.7 Å². The Morgan fingerprint density at radius 1 is 1.25 bits per heavy atom. The van der Waals surface area contributed by atoms with Gasteiger partial charge in [0.2, 0.25) is 0 Å². The summed E-state index contributed by atoms with van der Waals surface area (Å²) in [5.74, 6) is -0.327. The predicted molar refractivity (Wildman–Crippen MR) is 102 cm³/mol. The molecule has 0 aliphatic carbocycles. The molecule has 0 bridgehead atoms. The molecule has 1 amide bonds. The van der Waals surface area contributed by atoms with E-state index in [2.05, 4.69) is 4.90 Å². The first-order valence-corrected chi connectivity index (χ1v) is 9.92. The molecule has 152 valence electrons. The number of nitrogens with zero attached hydrogens (tertiary/aromatic N) is 2. The zero-order valence-electron chi connectivity index (χ0n) is 16.4. The molecule has 0 saturated carbocycles. The van der Waals surface area contributed by atoms with Crippen molar-refractivity contribution in [3.8, 4) is 0 Å². The van der Waals surface area contributed by atoms with Gasteiger partial charge in [-0.25, -0.2) is 9.59 Å². The van der Waals surface area contributed by atoms with Crippen LogP contribution in [0, 0.1) is 0 Å². The Labute approximate surface area is 169 Å². The molecule has 0 spiro atoms. The highest BCUT2D eigenvalue weighted by molar-refractivity contribution is 6.32. The first kappa shape index (κ1) is 19.5. The third kappa shape index (κ3) is 3.71. The summed E-state index contributed by atoms with van der Waals surface area (Å²) in [6.07, 6.45) is -0.446. The van der Waals surface area contributed by atoms with E-state index in [4.69, 9.17) is 25.8 Å². The maximum Gasteiger partial charge on any atom is 0.410 e. The van der Waals surface area contributed by atoms with Crippen molar-refractivity contribution in [2.24, 2.45) is 0 Å². The number of hydrogen-bond acceptors (Lipinski definition) is 6. The number of carbonyl (C=O) groups is 2. The minimum absolute atomic E-state index is 0.135. The van der Waals surface area contributed by atoms with Crippen LogP contribution in [0.25, 0.3) is 0 Å². The normalized spacial score (nSPS) is 25.1. The van der Waals surface area contributed by atoms with Gasteiger partial charge in [-0.05, 0) is 26.8 Å². The highest BCUT2D eigenvalue weighted by atomic mass is 35.5. The Morgan fingerprint density at radius 3 is 2.79 bits per heavy atom. The fourth-order valence-electron chi connectivity index (χ4n) is 3.90. The minimum Gasteiger partial charge on any atom is -0.457 e. The zero-order chi connectivity index (χ0) is 20.1. The number of carbonyl (C=O) groups excluding carboxylic acids is 2. The number of halogens is 1. The van der Waals surface area contributed by atoms with Crippen LogP contribution in [0.4, 0.5) is 4.79 Å². The zero-order valence-corrected chi connectivity index (χ0v) is 17.1. The molecule has 7 nitrogen and oxygen atoms in total. The van der Waals surface area contributed by atoms with Crippen LogP contribution in [0.3, 0.4) is 0 Å². The van der Waals surface area contributed by atoms with Gasteiger partial charge < -0.3 is 19.1 Å². The van der Waals surface area contributed by atoms with Crippen LogP contribution in [0.2, 0.25) is 5.02 Å². The second kappa shape index (κ2) is 7.21. The molecular weight excluding hydrogens is 384 g/mol. The van der Waals surface area contributed by atoms with Crippen LogP contribution in [0.1, 0.15) is 48.4 Å². The fourth-order valence-corrected chi connectivity index (χ4v) is 4.24. The number of morpholine rings is 1. The molecule has 2 fully saturated rings. The third-order valence-electron chi connectivity index (χ3n) is 5.33. The quantitative estimate of drug-likeness (QED) is 0.665. The summed E-state index contributed by atoms with van der Waals surface area (Å²) in [6.45, 7) is 8.99. The summed E-state index contributed by atoms with van der Waals surface area (Å²) in [7, 11) is 0. The number of ether oxygens (including phenoxy) is 3. The standard InChI is InChI=1S/C20H25ClN2O5/c1-20(2,3)28-19(25)23-7-6-22-9-16(26-10-12(22)8-23)14-5-4-13-15(17(14)21)11-27-18(13)24/h4-5,12,16H,6-11H2,1-3H3/t12-,16+/m0/s1. The van der Waals surface area contributed by atoms with Crippen molar-refractivity contribution in [1.29, 1.82) is 0 Å². The number of fused-ring (bicyclic) bond motifs is 2. The van der Waals surface area contributed by atoms with Crippen molar-refractivity contribution in [2.45, 2.75) is 45.1 Å². The van der Waals surface area contributed by atoms with Gasteiger partial charge in [-0.3, -0.25) is 4.90 Å².